The van der Waals surface area contributed by atoms with Crippen molar-refractivity contribution in [1.29, 1.82) is 0 Å². The average Bonchev–Trinajstić information content (AvgIpc) is 3.49. The zero-order valence-corrected chi connectivity index (χ0v) is 15.6. The third-order valence-electron chi connectivity index (χ3n) is 5.11. The van der Waals surface area contributed by atoms with Gasteiger partial charge in [-0.3, -0.25) is 4.79 Å². The van der Waals surface area contributed by atoms with E-state index in [1.165, 1.54) is 13.2 Å². The Morgan fingerprint density at radius 3 is 2.57 bits per heavy atom. The number of ether oxygens (including phenoxy) is 1. The Balaban J connectivity index is 1.62. The molecule has 1 fully saturated rings. The molecule has 0 bridgehead atoms. The summed E-state index contributed by atoms with van der Waals surface area (Å²) >= 11 is 0. The highest BCUT2D eigenvalue weighted by molar-refractivity contribution is 6.04. The van der Waals surface area contributed by atoms with Gasteiger partial charge < -0.3 is 14.2 Å². The summed E-state index contributed by atoms with van der Waals surface area (Å²) in [6.07, 6.45) is 3.52. The normalized spacial score (nSPS) is 13.5. The molecule has 1 heterocycles. The predicted octanol–water partition coefficient (Wildman–Crippen LogP) is 3.76. The first-order valence-electron chi connectivity index (χ1n) is 9.27. The average molecular weight is 380 g/mol. The summed E-state index contributed by atoms with van der Waals surface area (Å²) in [5.74, 6) is -0.837. The maximum atomic E-state index is 14.1. The zero-order valence-electron chi connectivity index (χ0n) is 15.6. The highest BCUT2D eigenvalue weighted by atomic mass is 19.1. The van der Waals surface area contributed by atoms with Gasteiger partial charge >= 0.3 is 5.97 Å². The predicted molar refractivity (Wildman–Crippen MR) is 103 cm³/mol. The molecule has 0 aliphatic heterocycles. The van der Waals surface area contributed by atoms with Gasteiger partial charge in [-0.05, 0) is 25.0 Å². The first-order valence-corrected chi connectivity index (χ1v) is 9.27. The summed E-state index contributed by atoms with van der Waals surface area (Å²) in [4.78, 5) is 26.9. The number of nitrogens with zero attached hydrogens (tertiary/aromatic N) is 2. The molecule has 1 amide bonds. The summed E-state index contributed by atoms with van der Waals surface area (Å²) < 4.78 is 20.7. The SMILES string of the molecule is COC(=O)c1cn(CC(=O)N(Cc2ccccc2F)C2CC2)c2ccccc12. The summed E-state index contributed by atoms with van der Waals surface area (Å²) in [5, 5.41) is 0.745. The number of rotatable bonds is 6. The van der Waals surface area contributed by atoms with Crippen LogP contribution in [0.25, 0.3) is 10.9 Å². The summed E-state index contributed by atoms with van der Waals surface area (Å²) in [6, 6.07) is 14.1. The summed E-state index contributed by atoms with van der Waals surface area (Å²) in [5.41, 5.74) is 1.73. The van der Waals surface area contributed by atoms with E-state index in [1.807, 2.05) is 24.3 Å². The molecule has 2 aromatic carbocycles. The van der Waals surface area contributed by atoms with Crippen LogP contribution in [0.4, 0.5) is 4.39 Å². The van der Waals surface area contributed by atoms with Crippen molar-refractivity contribution >= 4 is 22.8 Å². The van der Waals surface area contributed by atoms with Gasteiger partial charge in [0.05, 0.1) is 12.7 Å². The van der Waals surface area contributed by atoms with E-state index in [9.17, 15) is 14.0 Å². The van der Waals surface area contributed by atoms with Crippen LogP contribution in [0.15, 0.2) is 54.7 Å². The van der Waals surface area contributed by atoms with Crippen LogP contribution in [-0.2, 0) is 22.6 Å². The van der Waals surface area contributed by atoms with Gasteiger partial charge in [-0.2, -0.15) is 0 Å². The van der Waals surface area contributed by atoms with E-state index < -0.39 is 5.97 Å². The monoisotopic (exact) mass is 380 g/mol. The Bertz CT molecular complexity index is 1040. The van der Waals surface area contributed by atoms with E-state index in [4.69, 9.17) is 4.74 Å². The lowest BCUT2D eigenvalue weighted by molar-refractivity contribution is -0.133. The van der Waals surface area contributed by atoms with E-state index >= 15 is 0 Å². The number of carbonyl (C=O) groups excluding carboxylic acids is 2. The smallest absolute Gasteiger partial charge is 0.340 e. The molecule has 4 rings (SSSR count). The fraction of sp³-hybridized carbons (Fsp3) is 0.273. The van der Waals surface area contributed by atoms with Crippen LogP contribution in [0, 0.1) is 5.82 Å². The number of halogens is 1. The lowest BCUT2D eigenvalue weighted by atomic mass is 10.2. The van der Waals surface area contributed by atoms with Gasteiger partial charge in [-0.1, -0.05) is 36.4 Å². The number of amides is 1. The second kappa shape index (κ2) is 7.46. The third-order valence-corrected chi connectivity index (χ3v) is 5.11. The van der Waals surface area contributed by atoms with Crippen molar-refractivity contribution in [2.45, 2.75) is 32.0 Å². The van der Waals surface area contributed by atoms with E-state index in [1.54, 1.807) is 33.9 Å². The third kappa shape index (κ3) is 3.50. The van der Waals surface area contributed by atoms with Crippen LogP contribution in [-0.4, -0.2) is 34.5 Å². The number of para-hydroxylation sites is 1. The Morgan fingerprint density at radius 2 is 1.86 bits per heavy atom. The van der Waals surface area contributed by atoms with E-state index in [2.05, 4.69) is 0 Å². The minimum atomic E-state index is -0.437. The molecule has 1 aromatic heterocycles. The maximum Gasteiger partial charge on any atom is 0.340 e. The molecule has 5 nitrogen and oxygen atoms in total. The largest absolute Gasteiger partial charge is 0.465 e. The highest BCUT2D eigenvalue weighted by Gasteiger charge is 2.33. The van der Waals surface area contributed by atoms with Crippen molar-refractivity contribution in [3.63, 3.8) is 0 Å². The fourth-order valence-corrected chi connectivity index (χ4v) is 3.50. The number of methoxy groups -OCH3 is 1. The fourth-order valence-electron chi connectivity index (χ4n) is 3.50. The van der Waals surface area contributed by atoms with E-state index in [0.29, 0.717) is 11.1 Å². The van der Waals surface area contributed by atoms with Gasteiger partial charge in [0.1, 0.15) is 12.4 Å². The zero-order chi connectivity index (χ0) is 19.7. The number of hydrogen-bond acceptors (Lipinski definition) is 3. The van der Waals surface area contributed by atoms with Crippen LogP contribution >= 0.6 is 0 Å². The van der Waals surface area contributed by atoms with Crippen LogP contribution in [0.3, 0.4) is 0 Å². The van der Waals surface area contributed by atoms with Gasteiger partial charge in [0.2, 0.25) is 5.91 Å². The van der Waals surface area contributed by atoms with Crippen molar-refractivity contribution in [3.05, 3.63) is 71.7 Å². The quantitative estimate of drug-likeness (QED) is 0.612. The van der Waals surface area contributed by atoms with E-state index in [0.717, 1.165) is 23.7 Å². The van der Waals surface area contributed by atoms with Crippen LogP contribution in [0.5, 0.6) is 0 Å². The molecule has 3 aromatic rings. The van der Waals surface area contributed by atoms with Crippen molar-refractivity contribution in [2.75, 3.05) is 7.11 Å². The number of hydrogen-bond donors (Lipinski definition) is 0. The molecule has 0 radical (unpaired) electrons. The molecule has 28 heavy (non-hydrogen) atoms. The van der Waals surface area contributed by atoms with Crippen LogP contribution in [0.2, 0.25) is 0 Å². The summed E-state index contributed by atoms with van der Waals surface area (Å²) in [6.45, 7) is 0.335. The minimum Gasteiger partial charge on any atom is -0.465 e. The Kier molecular flexibility index (Phi) is 4.86. The van der Waals surface area contributed by atoms with E-state index in [-0.39, 0.29) is 30.9 Å². The van der Waals surface area contributed by atoms with Gasteiger partial charge in [0.25, 0.3) is 0 Å². The van der Waals surface area contributed by atoms with Gasteiger partial charge in [-0.25, -0.2) is 9.18 Å². The maximum absolute atomic E-state index is 14.1. The lowest BCUT2D eigenvalue weighted by Crippen LogP contribution is -2.35. The standard InChI is InChI=1S/C22H21FN2O3/c1-28-22(27)18-13-24(20-9-5-3-7-17(18)20)14-21(26)25(16-10-11-16)12-15-6-2-4-8-19(15)23/h2-9,13,16H,10-12,14H2,1H3. The first-order chi connectivity index (χ1) is 13.6. The lowest BCUT2D eigenvalue weighted by Gasteiger charge is -2.23. The first kappa shape index (κ1) is 18.2. The number of aromatic nitrogens is 1. The second-order valence-corrected chi connectivity index (χ2v) is 7.02. The molecule has 0 atom stereocenters. The van der Waals surface area contributed by atoms with Gasteiger partial charge in [-0.15, -0.1) is 0 Å². The van der Waals surface area contributed by atoms with Gasteiger partial charge in [0.15, 0.2) is 0 Å². The molecular weight excluding hydrogens is 359 g/mol. The number of carbonyl (C=O) groups is 2. The highest BCUT2D eigenvalue weighted by Crippen LogP contribution is 2.30. The van der Waals surface area contributed by atoms with Crippen molar-refractivity contribution < 1.29 is 18.7 Å². The van der Waals surface area contributed by atoms with Crippen molar-refractivity contribution in [3.8, 4) is 0 Å². The van der Waals surface area contributed by atoms with Gasteiger partial charge in [0, 0.05) is 35.2 Å². The molecule has 0 spiro atoms. The van der Waals surface area contributed by atoms with Crippen molar-refractivity contribution in [2.24, 2.45) is 0 Å². The second-order valence-electron chi connectivity index (χ2n) is 7.02. The van der Waals surface area contributed by atoms with Crippen LogP contribution < -0.4 is 0 Å². The molecular formula is C22H21FN2O3. The molecule has 0 saturated heterocycles. The summed E-state index contributed by atoms with van der Waals surface area (Å²) in [7, 11) is 1.34. The Labute approximate surface area is 162 Å². The molecule has 1 aliphatic rings. The van der Waals surface area contributed by atoms with Crippen LogP contribution in [0.1, 0.15) is 28.8 Å². The number of benzene rings is 2. The minimum absolute atomic E-state index is 0.0858. The Hall–Kier alpha value is -3.15. The molecule has 1 saturated carbocycles. The molecule has 0 unspecified atom stereocenters. The van der Waals surface area contributed by atoms with Crippen molar-refractivity contribution in [1.82, 2.24) is 9.47 Å². The molecule has 0 N–H and O–H groups in total. The molecule has 6 heteroatoms. The molecule has 144 valence electrons. The number of esters is 1. The molecule has 1 aliphatic carbocycles. The topological polar surface area (TPSA) is 51.5 Å². The number of fused-ring (bicyclic) bond motifs is 1. The Morgan fingerprint density at radius 1 is 1.14 bits per heavy atom.